The first kappa shape index (κ1) is 18.2. The molecule has 1 heterocycles. The second kappa shape index (κ2) is 9.20. The third-order valence-electron chi connectivity index (χ3n) is 4.14. The van der Waals surface area contributed by atoms with Crippen molar-refractivity contribution in [3.05, 3.63) is 28.1 Å². The molecule has 0 radical (unpaired) electrons. The van der Waals surface area contributed by atoms with Gasteiger partial charge in [0.1, 0.15) is 6.33 Å². The molecule has 2 N–H and O–H groups in total. The van der Waals surface area contributed by atoms with E-state index in [2.05, 4.69) is 40.5 Å². The maximum absolute atomic E-state index is 11.4. The van der Waals surface area contributed by atoms with Crippen molar-refractivity contribution >= 4 is 17.3 Å². The lowest BCUT2D eigenvalue weighted by molar-refractivity contribution is -0.383. The molecule has 132 valence electrons. The molecule has 1 aromatic heterocycles. The Morgan fingerprint density at radius 1 is 1.21 bits per heavy atom. The number of anilines is 2. The van der Waals surface area contributed by atoms with Crippen LogP contribution in [0.1, 0.15) is 52.4 Å². The number of allylic oxidation sites excluding steroid dienone is 1. The van der Waals surface area contributed by atoms with Gasteiger partial charge in [0.25, 0.3) is 0 Å². The Morgan fingerprint density at radius 2 is 1.92 bits per heavy atom. The first-order valence-corrected chi connectivity index (χ1v) is 8.73. The number of nitrogens with one attached hydrogen (secondary N) is 2. The molecule has 1 aliphatic rings. The molecule has 2 rings (SSSR count). The molecule has 0 amide bonds. The summed E-state index contributed by atoms with van der Waals surface area (Å²) in [6, 6.07) is 0. The minimum atomic E-state index is -0.417. The molecule has 1 aliphatic carbocycles. The zero-order valence-corrected chi connectivity index (χ0v) is 14.5. The Hall–Kier alpha value is -2.18. The van der Waals surface area contributed by atoms with Gasteiger partial charge in [0, 0.05) is 13.1 Å². The van der Waals surface area contributed by atoms with Crippen LogP contribution in [0.4, 0.5) is 17.3 Å². The van der Waals surface area contributed by atoms with E-state index in [0.717, 1.165) is 25.7 Å². The van der Waals surface area contributed by atoms with Crippen molar-refractivity contribution in [3.63, 3.8) is 0 Å². The monoisotopic (exact) mass is 333 g/mol. The van der Waals surface area contributed by atoms with Crippen LogP contribution in [0.15, 0.2) is 18.0 Å². The summed E-state index contributed by atoms with van der Waals surface area (Å²) < 4.78 is 0. The molecule has 0 spiro atoms. The summed E-state index contributed by atoms with van der Waals surface area (Å²) in [6.07, 6.45) is 10.3. The zero-order chi connectivity index (χ0) is 17.4. The van der Waals surface area contributed by atoms with Crippen LogP contribution in [0.3, 0.4) is 0 Å². The molecular weight excluding hydrogens is 306 g/mol. The molecule has 0 atom stereocenters. The molecule has 7 heteroatoms. The van der Waals surface area contributed by atoms with Crippen LogP contribution >= 0.6 is 0 Å². The Balaban J connectivity index is 1.99. The van der Waals surface area contributed by atoms with Gasteiger partial charge in [-0.3, -0.25) is 10.1 Å². The number of hydrogen-bond donors (Lipinski definition) is 2. The van der Waals surface area contributed by atoms with Gasteiger partial charge in [-0.25, -0.2) is 9.97 Å². The van der Waals surface area contributed by atoms with Gasteiger partial charge in [0.15, 0.2) is 0 Å². The van der Waals surface area contributed by atoms with Gasteiger partial charge in [-0.15, -0.1) is 0 Å². The van der Waals surface area contributed by atoms with Crippen molar-refractivity contribution in [2.24, 2.45) is 5.92 Å². The lowest BCUT2D eigenvalue weighted by atomic mass is 9.97. The van der Waals surface area contributed by atoms with Crippen LogP contribution in [0.2, 0.25) is 0 Å². The molecule has 1 aromatic rings. The number of nitrogens with zero attached hydrogens (tertiary/aromatic N) is 3. The SMILES string of the molecule is CC(C)CCNc1ncnc(NCCC2=CCCCC2)c1[N+](=O)[O-]. The lowest BCUT2D eigenvalue weighted by Crippen LogP contribution is -2.12. The molecule has 0 saturated carbocycles. The maximum atomic E-state index is 11.4. The van der Waals surface area contributed by atoms with Gasteiger partial charge in [0.05, 0.1) is 4.92 Å². The molecule has 0 aromatic carbocycles. The van der Waals surface area contributed by atoms with Crippen LogP contribution in [0.5, 0.6) is 0 Å². The molecule has 0 aliphatic heterocycles. The van der Waals surface area contributed by atoms with E-state index in [9.17, 15) is 10.1 Å². The van der Waals surface area contributed by atoms with Gasteiger partial charge >= 0.3 is 5.69 Å². The predicted molar refractivity (Wildman–Crippen MR) is 96.3 cm³/mol. The zero-order valence-electron chi connectivity index (χ0n) is 14.5. The van der Waals surface area contributed by atoms with Gasteiger partial charge in [-0.2, -0.15) is 0 Å². The summed E-state index contributed by atoms with van der Waals surface area (Å²) in [4.78, 5) is 19.1. The van der Waals surface area contributed by atoms with Crippen molar-refractivity contribution in [2.75, 3.05) is 23.7 Å². The standard InChI is InChI=1S/C17H27N5O2/c1-13(2)8-10-18-16-15(22(23)24)17(21-12-20-16)19-11-9-14-6-4-3-5-7-14/h6,12-13H,3-5,7-11H2,1-2H3,(H2,18,19,20,21). The normalized spacial score (nSPS) is 14.4. The van der Waals surface area contributed by atoms with E-state index in [1.54, 1.807) is 0 Å². The minimum Gasteiger partial charge on any atom is -0.364 e. The average Bonchev–Trinajstić information content (AvgIpc) is 2.55. The highest BCUT2D eigenvalue weighted by Crippen LogP contribution is 2.29. The Bertz CT molecular complexity index is 586. The highest BCUT2D eigenvalue weighted by atomic mass is 16.6. The first-order chi connectivity index (χ1) is 11.6. The van der Waals surface area contributed by atoms with Crippen LogP contribution < -0.4 is 10.6 Å². The molecule has 0 unspecified atom stereocenters. The second-order valence-electron chi connectivity index (χ2n) is 6.57. The molecule has 7 nitrogen and oxygen atoms in total. The summed E-state index contributed by atoms with van der Waals surface area (Å²) in [5.41, 5.74) is 1.36. The van der Waals surface area contributed by atoms with E-state index in [1.165, 1.54) is 24.7 Å². The van der Waals surface area contributed by atoms with Crippen molar-refractivity contribution in [2.45, 2.75) is 52.4 Å². The van der Waals surface area contributed by atoms with Crippen molar-refractivity contribution in [3.8, 4) is 0 Å². The topological polar surface area (TPSA) is 93.0 Å². The fourth-order valence-corrected chi connectivity index (χ4v) is 2.76. The Morgan fingerprint density at radius 3 is 2.50 bits per heavy atom. The van der Waals surface area contributed by atoms with E-state index in [-0.39, 0.29) is 11.5 Å². The fraction of sp³-hybridized carbons (Fsp3) is 0.647. The Kier molecular flexibility index (Phi) is 6.96. The molecule has 0 saturated heterocycles. The Labute approximate surface area is 143 Å². The van der Waals surface area contributed by atoms with E-state index >= 15 is 0 Å². The third-order valence-corrected chi connectivity index (χ3v) is 4.14. The smallest absolute Gasteiger partial charge is 0.353 e. The lowest BCUT2D eigenvalue weighted by Gasteiger charge is -2.14. The van der Waals surface area contributed by atoms with E-state index in [0.29, 0.717) is 24.8 Å². The van der Waals surface area contributed by atoms with Gasteiger partial charge in [-0.05, 0) is 44.4 Å². The van der Waals surface area contributed by atoms with E-state index in [1.807, 2.05) is 0 Å². The number of rotatable bonds is 9. The fourth-order valence-electron chi connectivity index (χ4n) is 2.76. The molecule has 24 heavy (non-hydrogen) atoms. The van der Waals surface area contributed by atoms with Crippen molar-refractivity contribution < 1.29 is 4.92 Å². The van der Waals surface area contributed by atoms with Crippen LogP contribution in [0, 0.1) is 16.0 Å². The quantitative estimate of drug-likeness (QED) is 0.401. The minimum absolute atomic E-state index is 0.0705. The van der Waals surface area contributed by atoms with E-state index < -0.39 is 4.92 Å². The summed E-state index contributed by atoms with van der Waals surface area (Å²) >= 11 is 0. The van der Waals surface area contributed by atoms with Gasteiger partial charge in [0.2, 0.25) is 11.6 Å². The highest BCUT2D eigenvalue weighted by Gasteiger charge is 2.22. The van der Waals surface area contributed by atoms with Gasteiger partial charge < -0.3 is 10.6 Å². The molecule has 0 fully saturated rings. The summed E-state index contributed by atoms with van der Waals surface area (Å²) in [5, 5.41) is 17.6. The second-order valence-corrected chi connectivity index (χ2v) is 6.57. The predicted octanol–water partition coefficient (Wildman–Crippen LogP) is 4.15. The molecule has 0 bridgehead atoms. The van der Waals surface area contributed by atoms with Crippen molar-refractivity contribution in [1.29, 1.82) is 0 Å². The van der Waals surface area contributed by atoms with Crippen LogP contribution in [-0.4, -0.2) is 28.0 Å². The largest absolute Gasteiger partial charge is 0.364 e. The third kappa shape index (κ3) is 5.47. The van der Waals surface area contributed by atoms with Crippen LogP contribution in [-0.2, 0) is 0 Å². The first-order valence-electron chi connectivity index (χ1n) is 8.73. The summed E-state index contributed by atoms with van der Waals surface area (Å²) in [6.45, 7) is 5.53. The number of aromatic nitrogens is 2. The number of nitro groups is 1. The van der Waals surface area contributed by atoms with Crippen LogP contribution in [0.25, 0.3) is 0 Å². The average molecular weight is 333 g/mol. The van der Waals surface area contributed by atoms with Gasteiger partial charge in [-0.1, -0.05) is 25.5 Å². The maximum Gasteiger partial charge on any atom is 0.353 e. The summed E-state index contributed by atoms with van der Waals surface area (Å²) in [5.74, 6) is 1.10. The molecular formula is C17H27N5O2. The van der Waals surface area contributed by atoms with E-state index in [4.69, 9.17) is 0 Å². The highest BCUT2D eigenvalue weighted by molar-refractivity contribution is 5.69. The van der Waals surface area contributed by atoms with Crippen molar-refractivity contribution in [1.82, 2.24) is 9.97 Å². The summed E-state index contributed by atoms with van der Waals surface area (Å²) in [7, 11) is 0. The number of hydrogen-bond acceptors (Lipinski definition) is 6.